The first-order chi connectivity index (χ1) is 11.1. The lowest BCUT2D eigenvalue weighted by Crippen LogP contribution is -2.27. The Morgan fingerprint density at radius 2 is 1.61 bits per heavy atom. The number of nitrogens with zero attached hydrogens (tertiary/aromatic N) is 1. The van der Waals surface area contributed by atoms with Gasteiger partial charge >= 0.3 is 0 Å². The van der Waals surface area contributed by atoms with Crippen LogP contribution in [0, 0.1) is 0 Å². The van der Waals surface area contributed by atoms with E-state index in [4.69, 9.17) is 27.9 Å². The van der Waals surface area contributed by atoms with E-state index in [1.807, 2.05) is 4.90 Å². The number of ether oxygens (including phenoxy) is 1. The Labute approximate surface area is 145 Å². The topological polar surface area (TPSA) is 29.5 Å². The Kier molecular flexibility index (Phi) is 5.09. The van der Waals surface area contributed by atoms with Crippen molar-refractivity contribution in [3.8, 4) is 5.75 Å². The molecule has 0 N–H and O–H groups in total. The number of benzene rings is 2. The molecule has 3 nitrogen and oxygen atoms in total. The molecule has 3 rings (SSSR count). The largest absolute Gasteiger partial charge is 0.489 e. The molecule has 0 aliphatic carbocycles. The predicted octanol–water partition coefficient (Wildman–Crippen LogP) is 4.81. The van der Waals surface area contributed by atoms with E-state index >= 15 is 0 Å². The number of hydrogen-bond acceptors (Lipinski definition) is 2. The molecule has 23 heavy (non-hydrogen) atoms. The van der Waals surface area contributed by atoms with E-state index in [0.717, 1.165) is 31.5 Å². The van der Waals surface area contributed by atoms with Crippen LogP contribution in [0.15, 0.2) is 42.5 Å². The Morgan fingerprint density at radius 3 is 2.22 bits per heavy atom. The zero-order valence-electron chi connectivity index (χ0n) is 12.6. The molecule has 0 unspecified atom stereocenters. The number of rotatable bonds is 4. The van der Waals surface area contributed by atoms with E-state index in [1.165, 1.54) is 0 Å². The molecule has 5 heteroatoms. The Hall–Kier alpha value is -1.71. The highest BCUT2D eigenvalue weighted by Gasteiger charge is 2.19. The van der Waals surface area contributed by atoms with Crippen molar-refractivity contribution in [1.82, 2.24) is 4.90 Å². The lowest BCUT2D eigenvalue weighted by molar-refractivity contribution is 0.0793. The van der Waals surface area contributed by atoms with Crippen molar-refractivity contribution >= 4 is 29.1 Å². The van der Waals surface area contributed by atoms with E-state index < -0.39 is 0 Å². The predicted molar refractivity (Wildman–Crippen MR) is 92.4 cm³/mol. The van der Waals surface area contributed by atoms with E-state index in [0.29, 0.717) is 21.4 Å². The second-order valence-electron chi connectivity index (χ2n) is 5.51. The Morgan fingerprint density at radius 1 is 1.00 bits per heavy atom. The molecule has 1 amide bonds. The monoisotopic (exact) mass is 349 g/mol. The molecule has 1 fully saturated rings. The summed E-state index contributed by atoms with van der Waals surface area (Å²) in [6, 6.07) is 12.6. The lowest BCUT2D eigenvalue weighted by atomic mass is 10.2. The summed E-state index contributed by atoms with van der Waals surface area (Å²) in [6.07, 6.45) is 2.18. The SMILES string of the molecule is O=C(c1ccc(OCc2c(Cl)cccc2Cl)cc1)N1CCCC1. The molecular formula is C18H17Cl2NO2. The minimum atomic E-state index is 0.0863. The number of amides is 1. The highest BCUT2D eigenvalue weighted by molar-refractivity contribution is 6.35. The van der Waals surface area contributed by atoms with Crippen LogP contribution in [0.25, 0.3) is 0 Å². The molecule has 1 aliphatic heterocycles. The highest BCUT2D eigenvalue weighted by Crippen LogP contribution is 2.26. The van der Waals surface area contributed by atoms with Gasteiger partial charge in [-0.1, -0.05) is 29.3 Å². The van der Waals surface area contributed by atoms with Crippen LogP contribution in [-0.2, 0) is 6.61 Å². The van der Waals surface area contributed by atoms with Gasteiger partial charge in [-0.2, -0.15) is 0 Å². The molecule has 0 radical (unpaired) electrons. The number of likely N-dealkylation sites (tertiary alicyclic amines) is 1. The molecule has 0 bridgehead atoms. The Bertz CT molecular complexity index is 674. The number of hydrogen-bond donors (Lipinski definition) is 0. The van der Waals surface area contributed by atoms with E-state index in [9.17, 15) is 4.79 Å². The van der Waals surface area contributed by atoms with Crippen LogP contribution in [0.5, 0.6) is 5.75 Å². The van der Waals surface area contributed by atoms with Crippen molar-refractivity contribution in [3.05, 3.63) is 63.6 Å². The van der Waals surface area contributed by atoms with E-state index in [2.05, 4.69) is 0 Å². The minimum Gasteiger partial charge on any atom is -0.489 e. The number of carbonyl (C=O) groups is 1. The van der Waals surface area contributed by atoms with E-state index in [-0.39, 0.29) is 12.5 Å². The van der Waals surface area contributed by atoms with E-state index in [1.54, 1.807) is 42.5 Å². The maximum atomic E-state index is 12.3. The van der Waals surface area contributed by atoms with Gasteiger partial charge in [0.05, 0.1) is 0 Å². The highest BCUT2D eigenvalue weighted by atomic mass is 35.5. The van der Waals surface area contributed by atoms with Crippen LogP contribution in [0.2, 0.25) is 10.0 Å². The van der Waals surface area contributed by atoms with Gasteiger partial charge in [-0.3, -0.25) is 4.79 Å². The summed E-state index contributed by atoms with van der Waals surface area (Å²) < 4.78 is 5.72. The standard InChI is InChI=1S/C18H17Cl2NO2/c19-16-4-3-5-17(20)15(16)12-23-14-8-6-13(7-9-14)18(22)21-10-1-2-11-21/h3-9H,1-2,10-12H2. The third-order valence-electron chi connectivity index (χ3n) is 3.94. The minimum absolute atomic E-state index is 0.0863. The zero-order valence-corrected chi connectivity index (χ0v) is 14.1. The summed E-state index contributed by atoms with van der Waals surface area (Å²) in [5, 5.41) is 1.16. The average molecular weight is 350 g/mol. The van der Waals surface area contributed by atoms with Gasteiger partial charge in [0.1, 0.15) is 12.4 Å². The van der Waals surface area contributed by atoms with Crippen molar-refractivity contribution in [2.75, 3.05) is 13.1 Å². The van der Waals surface area contributed by atoms with Crippen LogP contribution in [0.3, 0.4) is 0 Å². The molecule has 1 heterocycles. The van der Waals surface area contributed by atoms with Gasteiger partial charge < -0.3 is 9.64 Å². The third kappa shape index (κ3) is 3.80. The molecule has 2 aromatic rings. The first kappa shape index (κ1) is 16.2. The molecule has 1 saturated heterocycles. The second-order valence-corrected chi connectivity index (χ2v) is 6.33. The molecular weight excluding hydrogens is 333 g/mol. The summed E-state index contributed by atoms with van der Waals surface area (Å²) >= 11 is 12.2. The Balaban J connectivity index is 1.64. The smallest absolute Gasteiger partial charge is 0.253 e. The quantitative estimate of drug-likeness (QED) is 0.792. The fourth-order valence-corrected chi connectivity index (χ4v) is 3.13. The second kappa shape index (κ2) is 7.24. The molecule has 0 saturated carbocycles. The van der Waals surface area contributed by atoms with Gasteiger partial charge in [0.15, 0.2) is 0 Å². The summed E-state index contributed by atoms with van der Waals surface area (Å²) in [4.78, 5) is 14.2. The van der Waals surface area contributed by atoms with Gasteiger partial charge in [0.25, 0.3) is 5.91 Å². The molecule has 1 aliphatic rings. The maximum Gasteiger partial charge on any atom is 0.253 e. The van der Waals surface area contributed by atoms with Crippen LogP contribution in [-0.4, -0.2) is 23.9 Å². The van der Waals surface area contributed by atoms with Crippen molar-refractivity contribution in [1.29, 1.82) is 0 Å². The molecule has 120 valence electrons. The zero-order chi connectivity index (χ0) is 16.2. The van der Waals surface area contributed by atoms with Gasteiger partial charge in [-0.15, -0.1) is 0 Å². The van der Waals surface area contributed by atoms with Crippen LogP contribution < -0.4 is 4.74 Å². The van der Waals surface area contributed by atoms with Crippen molar-refractivity contribution in [3.63, 3.8) is 0 Å². The summed E-state index contributed by atoms with van der Waals surface area (Å²) in [5.41, 5.74) is 1.45. The summed E-state index contributed by atoms with van der Waals surface area (Å²) in [6.45, 7) is 1.99. The maximum absolute atomic E-state index is 12.3. The van der Waals surface area contributed by atoms with Gasteiger partial charge in [0.2, 0.25) is 0 Å². The van der Waals surface area contributed by atoms with Gasteiger partial charge in [-0.25, -0.2) is 0 Å². The fraction of sp³-hybridized carbons (Fsp3) is 0.278. The van der Waals surface area contributed by atoms with Crippen molar-refractivity contribution in [2.24, 2.45) is 0 Å². The third-order valence-corrected chi connectivity index (χ3v) is 4.65. The molecule has 0 atom stereocenters. The van der Waals surface area contributed by atoms with Gasteiger partial charge in [-0.05, 0) is 49.2 Å². The molecule has 2 aromatic carbocycles. The van der Waals surface area contributed by atoms with Crippen molar-refractivity contribution in [2.45, 2.75) is 19.4 Å². The fourth-order valence-electron chi connectivity index (χ4n) is 2.62. The number of carbonyl (C=O) groups excluding carboxylic acids is 1. The molecule has 0 spiro atoms. The van der Waals surface area contributed by atoms with Crippen molar-refractivity contribution < 1.29 is 9.53 Å². The average Bonchev–Trinajstić information content (AvgIpc) is 3.09. The van der Waals surface area contributed by atoms with Crippen LogP contribution in [0.4, 0.5) is 0 Å². The lowest BCUT2D eigenvalue weighted by Gasteiger charge is -2.15. The van der Waals surface area contributed by atoms with Gasteiger partial charge in [0, 0.05) is 34.3 Å². The first-order valence-corrected chi connectivity index (χ1v) is 8.36. The van der Waals surface area contributed by atoms with Crippen LogP contribution >= 0.6 is 23.2 Å². The number of halogens is 2. The normalized spacial score (nSPS) is 14.1. The summed E-state index contributed by atoms with van der Waals surface area (Å²) in [7, 11) is 0. The molecule has 0 aromatic heterocycles. The first-order valence-electron chi connectivity index (χ1n) is 7.60. The van der Waals surface area contributed by atoms with Crippen LogP contribution in [0.1, 0.15) is 28.8 Å². The summed E-state index contributed by atoms with van der Waals surface area (Å²) in [5.74, 6) is 0.766.